The van der Waals surface area contributed by atoms with Gasteiger partial charge in [-0.15, -0.1) is 12.4 Å². The Balaban J connectivity index is 0.00000133. The van der Waals surface area contributed by atoms with Crippen molar-refractivity contribution in [1.29, 1.82) is 0 Å². The molecule has 19 heavy (non-hydrogen) atoms. The second-order valence-electron chi connectivity index (χ2n) is 4.85. The smallest absolute Gasteiger partial charge is 0.152 e. The topological polar surface area (TPSA) is 12.0 Å². The van der Waals surface area contributed by atoms with E-state index in [1.807, 2.05) is 48.5 Å². The van der Waals surface area contributed by atoms with Crippen LogP contribution in [0.1, 0.15) is 17.5 Å². The van der Waals surface area contributed by atoms with Crippen LogP contribution >= 0.6 is 12.4 Å². The van der Waals surface area contributed by atoms with Crippen LogP contribution < -0.4 is 5.32 Å². The van der Waals surface area contributed by atoms with Crippen molar-refractivity contribution in [3.8, 4) is 0 Å². The fourth-order valence-corrected chi connectivity index (χ4v) is 2.34. The summed E-state index contributed by atoms with van der Waals surface area (Å²) in [6, 6.07) is 19.5. The molecule has 1 nitrogen and oxygen atoms in total. The van der Waals surface area contributed by atoms with Crippen LogP contribution in [0.5, 0.6) is 0 Å². The molecule has 3 heteroatoms. The first kappa shape index (κ1) is 14.0. The van der Waals surface area contributed by atoms with Gasteiger partial charge in [0.2, 0.25) is 0 Å². The Kier molecular flexibility index (Phi) is 4.23. The maximum atomic E-state index is 14.5. The van der Waals surface area contributed by atoms with Crippen molar-refractivity contribution in [3.05, 3.63) is 71.8 Å². The quantitative estimate of drug-likeness (QED) is 0.895. The molecule has 0 aromatic heterocycles. The largest absolute Gasteiger partial charge is 0.306 e. The monoisotopic (exact) mass is 277 g/mol. The van der Waals surface area contributed by atoms with Gasteiger partial charge in [-0.3, -0.25) is 0 Å². The first-order valence-corrected chi connectivity index (χ1v) is 6.31. The summed E-state index contributed by atoms with van der Waals surface area (Å²) >= 11 is 0. The Bertz CT molecular complexity index is 517. The summed E-state index contributed by atoms with van der Waals surface area (Å²) in [5.74, 6) is 0. The lowest BCUT2D eigenvalue weighted by atomic mass is 10.1. The zero-order chi connectivity index (χ0) is 12.4. The van der Waals surface area contributed by atoms with Gasteiger partial charge in [0.15, 0.2) is 5.67 Å². The molecule has 0 radical (unpaired) electrons. The molecule has 0 heterocycles. The maximum Gasteiger partial charge on any atom is 0.152 e. The van der Waals surface area contributed by atoms with Gasteiger partial charge in [0.25, 0.3) is 0 Å². The van der Waals surface area contributed by atoms with E-state index in [0.717, 1.165) is 12.1 Å². The van der Waals surface area contributed by atoms with E-state index in [4.69, 9.17) is 0 Å². The van der Waals surface area contributed by atoms with Crippen LogP contribution in [0.25, 0.3) is 0 Å². The molecule has 2 aromatic rings. The van der Waals surface area contributed by atoms with Gasteiger partial charge in [0, 0.05) is 19.0 Å². The van der Waals surface area contributed by atoms with E-state index in [0.29, 0.717) is 6.42 Å². The Hall–Kier alpha value is -1.38. The molecule has 0 spiro atoms. The third kappa shape index (κ3) is 2.96. The summed E-state index contributed by atoms with van der Waals surface area (Å²) in [6.45, 7) is 0.726. The fourth-order valence-electron chi connectivity index (χ4n) is 2.34. The Morgan fingerprint density at radius 2 is 1.58 bits per heavy atom. The third-order valence-corrected chi connectivity index (χ3v) is 3.54. The molecule has 100 valence electrons. The number of rotatable bonds is 4. The summed E-state index contributed by atoms with van der Waals surface area (Å²) in [5.41, 5.74) is 0.811. The van der Waals surface area contributed by atoms with Gasteiger partial charge in [0.05, 0.1) is 0 Å². The second-order valence-corrected chi connectivity index (χ2v) is 4.85. The molecule has 0 bridgehead atoms. The second kappa shape index (κ2) is 5.72. The average Bonchev–Trinajstić information content (AvgIpc) is 3.11. The van der Waals surface area contributed by atoms with E-state index in [-0.39, 0.29) is 18.4 Å². The zero-order valence-electron chi connectivity index (χ0n) is 10.6. The van der Waals surface area contributed by atoms with E-state index < -0.39 is 5.67 Å². The molecule has 0 saturated heterocycles. The molecule has 3 rings (SSSR count). The van der Waals surface area contributed by atoms with Gasteiger partial charge in [-0.2, -0.15) is 0 Å². The fraction of sp³-hybridized carbons (Fsp3) is 0.250. The molecule has 2 aromatic carbocycles. The molecule has 1 aliphatic carbocycles. The minimum Gasteiger partial charge on any atom is -0.306 e. The van der Waals surface area contributed by atoms with Gasteiger partial charge in [-0.1, -0.05) is 60.7 Å². The van der Waals surface area contributed by atoms with Crippen molar-refractivity contribution >= 4 is 12.4 Å². The summed E-state index contributed by atoms with van der Waals surface area (Å²) in [4.78, 5) is 0. The summed E-state index contributed by atoms with van der Waals surface area (Å²) in [6.07, 6.45) is 0.573. The van der Waals surface area contributed by atoms with Crippen molar-refractivity contribution in [2.75, 3.05) is 0 Å². The van der Waals surface area contributed by atoms with Gasteiger partial charge in [0.1, 0.15) is 0 Å². The van der Waals surface area contributed by atoms with Crippen LogP contribution in [0.4, 0.5) is 4.39 Å². The molecular weight excluding hydrogens is 261 g/mol. The number of nitrogens with one attached hydrogen (secondary N) is 1. The van der Waals surface area contributed by atoms with Gasteiger partial charge >= 0.3 is 0 Å². The Labute approximate surface area is 119 Å². The number of hydrogen-bond donors (Lipinski definition) is 1. The van der Waals surface area contributed by atoms with Crippen LogP contribution in [-0.2, 0) is 12.2 Å². The molecule has 2 unspecified atom stereocenters. The Morgan fingerprint density at radius 3 is 2.21 bits per heavy atom. The predicted molar refractivity (Wildman–Crippen MR) is 78.2 cm³/mol. The highest BCUT2D eigenvalue weighted by Gasteiger charge is 2.56. The number of halogens is 2. The standard InChI is InChI=1S/C16H16FN.ClH/c17-16(14-9-5-2-6-10-14)11-15(16)18-12-13-7-3-1-4-8-13;/h1-10,15,18H,11-12H2;1H. The van der Waals surface area contributed by atoms with E-state index in [9.17, 15) is 4.39 Å². The summed E-state index contributed by atoms with van der Waals surface area (Å²) < 4.78 is 14.5. The third-order valence-electron chi connectivity index (χ3n) is 3.54. The molecular formula is C16H17ClFN. The number of benzene rings is 2. The van der Waals surface area contributed by atoms with Crippen LogP contribution in [0, 0.1) is 0 Å². The number of alkyl halides is 1. The van der Waals surface area contributed by atoms with Crippen molar-refractivity contribution in [1.82, 2.24) is 5.32 Å². The lowest BCUT2D eigenvalue weighted by Crippen LogP contribution is -2.22. The van der Waals surface area contributed by atoms with Crippen molar-refractivity contribution in [3.63, 3.8) is 0 Å². The molecule has 0 amide bonds. The average molecular weight is 278 g/mol. The minimum absolute atomic E-state index is 0. The van der Waals surface area contributed by atoms with Gasteiger partial charge in [-0.25, -0.2) is 4.39 Å². The van der Waals surface area contributed by atoms with Crippen LogP contribution in [-0.4, -0.2) is 6.04 Å². The van der Waals surface area contributed by atoms with E-state index >= 15 is 0 Å². The predicted octanol–water partition coefficient (Wildman–Crippen LogP) is 3.84. The highest BCUT2D eigenvalue weighted by molar-refractivity contribution is 5.85. The zero-order valence-corrected chi connectivity index (χ0v) is 11.4. The molecule has 1 aliphatic rings. The normalized spacial score (nSPS) is 24.6. The van der Waals surface area contributed by atoms with Crippen LogP contribution in [0.3, 0.4) is 0 Å². The molecule has 1 fully saturated rings. The van der Waals surface area contributed by atoms with Crippen molar-refractivity contribution in [2.24, 2.45) is 0 Å². The molecule has 1 saturated carbocycles. The van der Waals surface area contributed by atoms with Crippen molar-refractivity contribution < 1.29 is 4.39 Å². The first-order chi connectivity index (χ1) is 8.79. The minimum atomic E-state index is -1.17. The molecule has 0 aliphatic heterocycles. The summed E-state index contributed by atoms with van der Waals surface area (Å²) in [7, 11) is 0. The lowest BCUT2D eigenvalue weighted by molar-refractivity contribution is 0.293. The SMILES string of the molecule is Cl.FC1(c2ccccc2)CC1NCc1ccccc1. The lowest BCUT2D eigenvalue weighted by Gasteiger charge is -2.09. The van der Waals surface area contributed by atoms with E-state index in [1.54, 1.807) is 0 Å². The Morgan fingerprint density at radius 1 is 1.00 bits per heavy atom. The van der Waals surface area contributed by atoms with Gasteiger partial charge in [-0.05, 0) is 11.1 Å². The van der Waals surface area contributed by atoms with E-state index in [1.165, 1.54) is 5.56 Å². The van der Waals surface area contributed by atoms with Crippen LogP contribution in [0.15, 0.2) is 60.7 Å². The maximum absolute atomic E-state index is 14.5. The molecule has 2 atom stereocenters. The van der Waals surface area contributed by atoms with Crippen LogP contribution in [0.2, 0.25) is 0 Å². The van der Waals surface area contributed by atoms with Gasteiger partial charge < -0.3 is 5.32 Å². The first-order valence-electron chi connectivity index (χ1n) is 6.31. The highest BCUT2D eigenvalue weighted by Crippen LogP contribution is 2.49. The summed E-state index contributed by atoms with van der Waals surface area (Å²) in [5, 5.41) is 3.29. The highest BCUT2D eigenvalue weighted by atomic mass is 35.5. The van der Waals surface area contributed by atoms with E-state index in [2.05, 4.69) is 17.4 Å². The van der Waals surface area contributed by atoms with Crippen molar-refractivity contribution in [2.45, 2.75) is 24.7 Å². The number of hydrogen-bond acceptors (Lipinski definition) is 1. The molecule has 1 N–H and O–H groups in total.